The Bertz CT molecular complexity index is 653. The maximum atomic E-state index is 4.42. The molecule has 1 heterocycles. The molecule has 0 aliphatic carbocycles. The molecule has 1 heteroatoms. The highest BCUT2D eigenvalue weighted by molar-refractivity contribution is 5.82. The van der Waals surface area contributed by atoms with Gasteiger partial charge in [-0.05, 0) is 23.3 Å². The smallest absolute Gasteiger partial charge is 0.0704 e. The standard InChI is InChI=1S/C17H15N/c1-13(14-7-3-2-4-8-14)15-9-5-11-17-16(15)10-6-12-18-17/h2-13H,1H3. The third kappa shape index (κ3) is 1.88. The predicted molar refractivity (Wildman–Crippen MR) is 75.7 cm³/mol. The zero-order valence-corrected chi connectivity index (χ0v) is 10.4. The molecule has 0 fully saturated rings. The molecule has 0 amide bonds. The van der Waals surface area contributed by atoms with E-state index >= 15 is 0 Å². The molecule has 88 valence electrons. The Morgan fingerprint density at radius 1 is 0.833 bits per heavy atom. The Morgan fingerprint density at radius 3 is 2.50 bits per heavy atom. The third-order valence-corrected chi connectivity index (χ3v) is 3.45. The highest BCUT2D eigenvalue weighted by Crippen LogP contribution is 2.29. The van der Waals surface area contributed by atoms with E-state index in [4.69, 9.17) is 0 Å². The summed E-state index contributed by atoms with van der Waals surface area (Å²) in [5, 5.41) is 1.25. The van der Waals surface area contributed by atoms with E-state index in [1.54, 1.807) is 0 Å². The summed E-state index contributed by atoms with van der Waals surface area (Å²) in [5.74, 6) is 0.388. The summed E-state index contributed by atoms with van der Waals surface area (Å²) in [7, 11) is 0. The topological polar surface area (TPSA) is 12.9 Å². The maximum absolute atomic E-state index is 4.42. The summed E-state index contributed by atoms with van der Waals surface area (Å²) >= 11 is 0. The van der Waals surface area contributed by atoms with Crippen molar-refractivity contribution >= 4 is 10.9 Å². The highest BCUT2D eigenvalue weighted by Gasteiger charge is 2.11. The van der Waals surface area contributed by atoms with Crippen LogP contribution in [0.3, 0.4) is 0 Å². The molecule has 0 bridgehead atoms. The Morgan fingerprint density at radius 2 is 1.67 bits per heavy atom. The van der Waals surface area contributed by atoms with E-state index in [9.17, 15) is 0 Å². The number of benzene rings is 2. The Kier molecular flexibility index (Phi) is 2.81. The van der Waals surface area contributed by atoms with Crippen LogP contribution in [0.4, 0.5) is 0 Å². The quantitative estimate of drug-likeness (QED) is 0.639. The van der Waals surface area contributed by atoms with Gasteiger partial charge in [0.25, 0.3) is 0 Å². The second-order valence-electron chi connectivity index (χ2n) is 4.55. The van der Waals surface area contributed by atoms with Crippen molar-refractivity contribution in [1.29, 1.82) is 0 Å². The van der Waals surface area contributed by atoms with Gasteiger partial charge in [-0.25, -0.2) is 0 Å². The van der Waals surface area contributed by atoms with Crippen molar-refractivity contribution in [2.45, 2.75) is 12.8 Å². The minimum absolute atomic E-state index is 0.388. The Hall–Kier alpha value is -2.15. The van der Waals surface area contributed by atoms with Crippen molar-refractivity contribution in [3.8, 4) is 0 Å². The van der Waals surface area contributed by atoms with Crippen LogP contribution in [0, 0.1) is 0 Å². The lowest BCUT2D eigenvalue weighted by Gasteiger charge is -2.14. The fourth-order valence-corrected chi connectivity index (χ4v) is 2.43. The lowest BCUT2D eigenvalue weighted by atomic mass is 9.90. The van der Waals surface area contributed by atoms with Crippen LogP contribution in [-0.2, 0) is 0 Å². The Labute approximate surface area is 107 Å². The molecule has 0 spiro atoms. The molecular weight excluding hydrogens is 218 g/mol. The van der Waals surface area contributed by atoms with Gasteiger partial charge in [-0.2, -0.15) is 0 Å². The summed E-state index contributed by atoms with van der Waals surface area (Å²) in [4.78, 5) is 4.42. The number of nitrogens with zero attached hydrogens (tertiary/aromatic N) is 1. The zero-order chi connectivity index (χ0) is 12.4. The molecule has 0 saturated heterocycles. The first-order chi connectivity index (χ1) is 8.86. The van der Waals surface area contributed by atoms with Crippen molar-refractivity contribution in [3.05, 3.63) is 78.0 Å². The van der Waals surface area contributed by atoms with Gasteiger partial charge < -0.3 is 0 Å². The van der Waals surface area contributed by atoms with Crippen LogP contribution in [0.1, 0.15) is 24.0 Å². The summed E-state index contributed by atoms with van der Waals surface area (Å²) < 4.78 is 0. The van der Waals surface area contributed by atoms with Crippen molar-refractivity contribution < 1.29 is 0 Å². The largest absolute Gasteiger partial charge is 0.256 e. The van der Waals surface area contributed by atoms with Gasteiger partial charge in [0, 0.05) is 17.5 Å². The van der Waals surface area contributed by atoms with Gasteiger partial charge in [-0.15, -0.1) is 0 Å². The molecule has 3 aromatic rings. The number of hydrogen-bond acceptors (Lipinski definition) is 1. The molecule has 1 unspecified atom stereocenters. The van der Waals surface area contributed by atoms with Crippen molar-refractivity contribution in [1.82, 2.24) is 4.98 Å². The molecule has 0 aliphatic heterocycles. The zero-order valence-electron chi connectivity index (χ0n) is 10.4. The molecule has 0 saturated carbocycles. The molecule has 2 aromatic carbocycles. The monoisotopic (exact) mass is 233 g/mol. The molecule has 0 radical (unpaired) electrons. The maximum Gasteiger partial charge on any atom is 0.0704 e. The van der Waals surface area contributed by atoms with Gasteiger partial charge in [0.05, 0.1) is 5.52 Å². The molecule has 1 nitrogen and oxygen atoms in total. The van der Waals surface area contributed by atoms with E-state index < -0.39 is 0 Å². The summed E-state index contributed by atoms with van der Waals surface area (Å²) in [6.07, 6.45) is 1.85. The second-order valence-corrected chi connectivity index (χ2v) is 4.55. The predicted octanol–water partition coefficient (Wildman–Crippen LogP) is 4.39. The van der Waals surface area contributed by atoms with Crippen LogP contribution in [0.25, 0.3) is 10.9 Å². The summed E-state index contributed by atoms with van der Waals surface area (Å²) in [6, 6.07) is 21.1. The lowest BCUT2D eigenvalue weighted by Crippen LogP contribution is -1.97. The van der Waals surface area contributed by atoms with E-state index in [1.165, 1.54) is 16.5 Å². The third-order valence-electron chi connectivity index (χ3n) is 3.45. The fraction of sp³-hybridized carbons (Fsp3) is 0.118. The number of pyridine rings is 1. The van der Waals surface area contributed by atoms with Gasteiger partial charge in [0.15, 0.2) is 0 Å². The molecule has 3 rings (SSSR count). The second kappa shape index (κ2) is 4.61. The van der Waals surface area contributed by atoms with Gasteiger partial charge >= 0.3 is 0 Å². The molecule has 1 aromatic heterocycles. The summed E-state index contributed by atoms with van der Waals surface area (Å²) in [5.41, 5.74) is 3.75. The average Bonchev–Trinajstić information content (AvgIpc) is 2.47. The first kappa shape index (κ1) is 11.0. The normalized spacial score (nSPS) is 12.5. The van der Waals surface area contributed by atoms with E-state index in [-0.39, 0.29) is 0 Å². The van der Waals surface area contributed by atoms with E-state index in [1.807, 2.05) is 12.3 Å². The van der Waals surface area contributed by atoms with E-state index in [2.05, 4.69) is 66.5 Å². The molecule has 0 N–H and O–H groups in total. The SMILES string of the molecule is CC(c1ccccc1)c1cccc2ncccc12. The fourth-order valence-electron chi connectivity index (χ4n) is 2.43. The lowest BCUT2D eigenvalue weighted by molar-refractivity contribution is 0.932. The minimum Gasteiger partial charge on any atom is -0.256 e. The highest BCUT2D eigenvalue weighted by atomic mass is 14.6. The van der Waals surface area contributed by atoms with Gasteiger partial charge in [0.2, 0.25) is 0 Å². The van der Waals surface area contributed by atoms with Crippen LogP contribution in [0.15, 0.2) is 66.9 Å². The number of aromatic nitrogens is 1. The molecule has 0 aliphatic rings. The number of fused-ring (bicyclic) bond motifs is 1. The molecule has 1 atom stereocenters. The van der Waals surface area contributed by atoms with Crippen LogP contribution >= 0.6 is 0 Å². The summed E-state index contributed by atoms with van der Waals surface area (Å²) in [6.45, 7) is 2.25. The van der Waals surface area contributed by atoms with Crippen LogP contribution < -0.4 is 0 Å². The van der Waals surface area contributed by atoms with Crippen molar-refractivity contribution in [2.24, 2.45) is 0 Å². The van der Waals surface area contributed by atoms with Gasteiger partial charge in [-0.1, -0.05) is 55.5 Å². The number of hydrogen-bond donors (Lipinski definition) is 0. The molecule has 18 heavy (non-hydrogen) atoms. The van der Waals surface area contributed by atoms with Crippen LogP contribution in [-0.4, -0.2) is 4.98 Å². The van der Waals surface area contributed by atoms with Crippen LogP contribution in [0.5, 0.6) is 0 Å². The van der Waals surface area contributed by atoms with E-state index in [0.29, 0.717) is 5.92 Å². The number of rotatable bonds is 2. The van der Waals surface area contributed by atoms with Gasteiger partial charge in [-0.3, -0.25) is 4.98 Å². The van der Waals surface area contributed by atoms with Crippen molar-refractivity contribution in [3.63, 3.8) is 0 Å². The van der Waals surface area contributed by atoms with Crippen molar-refractivity contribution in [2.75, 3.05) is 0 Å². The van der Waals surface area contributed by atoms with Crippen LogP contribution in [0.2, 0.25) is 0 Å². The average molecular weight is 233 g/mol. The van der Waals surface area contributed by atoms with E-state index in [0.717, 1.165) is 5.52 Å². The first-order valence-electron chi connectivity index (χ1n) is 6.25. The molecular formula is C17H15N. The Balaban J connectivity index is 2.15. The minimum atomic E-state index is 0.388. The van der Waals surface area contributed by atoms with Gasteiger partial charge in [0.1, 0.15) is 0 Å². The first-order valence-corrected chi connectivity index (χ1v) is 6.25.